The van der Waals surface area contributed by atoms with Crippen LogP contribution in [-0.2, 0) is 10.8 Å². The lowest BCUT2D eigenvalue weighted by Crippen LogP contribution is -2.25. The Morgan fingerprint density at radius 2 is 0.536 bits per heavy atom. The number of unbranched alkanes of at least 4 members (excludes halogenated alkanes) is 12. The number of aromatic nitrogens is 2. The average molecular weight is 1290 g/mol. The lowest BCUT2D eigenvalue weighted by Gasteiger charge is -2.33. The van der Waals surface area contributed by atoms with Crippen molar-refractivity contribution >= 4 is 56.9 Å². The minimum atomic E-state index is -0.0741. The van der Waals surface area contributed by atoms with Crippen molar-refractivity contribution < 1.29 is 0 Å². The molecule has 5 heteroatoms. The van der Waals surface area contributed by atoms with Crippen LogP contribution in [0.5, 0.6) is 0 Å². The summed E-state index contributed by atoms with van der Waals surface area (Å²) in [4.78, 5) is 4.71. The van der Waals surface area contributed by atoms with Gasteiger partial charge in [0.15, 0.2) is 0 Å². The molecule has 0 saturated carbocycles. The zero-order chi connectivity index (χ0) is 66.0. The monoisotopic (exact) mass is 1290 g/mol. The van der Waals surface area contributed by atoms with Crippen LogP contribution in [0, 0.1) is 0 Å². The minimum Gasteiger partial charge on any atom is -0.311 e. The molecular weight excluding hydrogens is 1190 g/mol. The highest BCUT2D eigenvalue weighted by Gasteiger charge is 2.44. The SMILES string of the molecule is CCCCCCC1(CCCCCC)c2ccc(-c3ccc(-c4ccc5c(c4)-c4ccc(-c6ccc(N(c7ccccc7)c7ccccc7)cc6)cc4C5(CCCCCC)CCCCCC)c4nsnc34)cc2-c2ccc(-c3ccc(N(c4ccccc4)c4ccccc4)cc3)cc21. The Bertz CT molecular complexity index is 4180. The number of rotatable bonds is 30. The number of hydrogen-bond acceptors (Lipinski definition) is 5. The molecule has 12 aromatic rings. The lowest BCUT2D eigenvalue weighted by molar-refractivity contribution is 0.401. The van der Waals surface area contributed by atoms with Crippen LogP contribution in [0.25, 0.3) is 77.8 Å². The van der Waals surface area contributed by atoms with E-state index in [1.54, 1.807) is 0 Å². The van der Waals surface area contributed by atoms with Gasteiger partial charge >= 0.3 is 0 Å². The van der Waals surface area contributed by atoms with Gasteiger partial charge in [-0.05, 0) is 201 Å². The highest BCUT2D eigenvalue weighted by molar-refractivity contribution is 7.00. The Labute approximate surface area is 582 Å². The second-order valence-corrected chi connectivity index (χ2v) is 28.2. The number of fused-ring (bicyclic) bond motifs is 7. The molecule has 2 aliphatic carbocycles. The summed E-state index contributed by atoms with van der Waals surface area (Å²) in [7, 11) is 0. The van der Waals surface area contributed by atoms with Crippen molar-refractivity contribution in [3.8, 4) is 66.8 Å². The van der Waals surface area contributed by atoms with E-state index in [4.69, 9.17) is 8.75 Å². The molecule has 0 unspecified atom stereocenters. The van der Waals surface area contributed by atoms with E-state index in [1.165, 1.54) is 192 Å². The average Bonchev–Trinajstić information content (AvgIpc) is 1.57. The maximum absolute atomic E-state index is 5.20. The van der Waals surface area contributed by atoms with Crippen molar-refractivity contribution in [1.29, 1.82) is 0 Å². The minimum absolute atomic E-state index is 0.0741. The fourth-order valence-corrected chi connectivity index (χ4v) is 17.2. The molecule has 0 aliphatic heterocycles. The third kappa shape index (κ3) is 13.2. The molecule has 4 nitrogen and oxygen atoms in total. The maximum atomic E-state index is 5.20. The first-order chi connectivity index (χ1) is 47.9. The second-order valence-electron chi connectivity index (χ2n) is 27.7. The third-order valence-electron chi connectivity index (χ3n) is 21.6. The largest absolute Gasteiger partial charge is 0.311 e. The number of para-hydroxylation sites is 4. The molecule has 488 valence electrons. The van der Waals surface area contributed by atoms with Crippen molar-refractivity contribution in [2.24, 2.45) is 0 Å². The van der Waals surface area contributed by atoms with E-state index in [1.807, 2.05) is 0 Å². The summed E-state index contributed by atoms with van der Waals surface area (Å²) in [5, 5.41) is 0. The van der Waals surface area contributed by atoms with E-state index in [2.05, 4.69) is 292 Å². The van der Waals surface area contributed by atoms with Gasteiger partial charge in [-0.1, -0.05) is 288 Å². The van der Waals surface area contributed by atoms with Gasteiger partial charge in [0.05, 0.1) is 11.7 Å². The quantitative estimate of drug-likeness (QED) is 0.0420. The molecule has 1 heterocycles. The first kappa shape index (κ1) is 65.1. The van der Waals surface area contributed by atoms with Crippen LogP contribution in [0.3, 0.4) is 0 Å². The van der Waals surface area contributed by atoms with Gasteiger partial charge in [0.25, 0.3) is 0 Å². The molecule has 2 aliphatic rings. The lowest BCUT2D eigenvalue weighted by atomic mass is 9.70. The topological polar surface area (TPSA) is 32.3 Å². The zero-order valence-corrected chi connectivity index (χ0v) is 58.4. The predicted octanol–water partition coefficient (Wildman–Crippen LogP) is 27.7. The normalized spacial score (nSPS) is 13.1. The van der Waals surface area contributed by atoms with E-state index in [9.17, 15) is 0 Å². The first-order valence-electron chi connectivity index (χ1n) is 36.8. The van der Waals surface area contributed by atoms with Gasteiger partial charge in [-0.3, -0.25) is 0 Å². The highest BCUT2D eigenvalue weighted by atomic mass is 32.1. The summed E-state index contributed by atoms with van der Waals surface area (Å²) < 4.78 is 10.4. The first-order valence-corrected chi connectivity index (χ1v) is 37.5. The van der Waals surface area contributed by atoms with Crippen LogP contribution in [0.4, 0.5) is 34.1 Å². The number of hydrogen-bond donors (Lipinski definition) is 0. The fourth-order valence-electron chi connectivity index (χ4n) is 16.6. The Morgan fingerprint density at radius 3 is 0.856 bits per heavy atom. The Hall–Kier alpha value is -9.16. The summed E-state index contributed by atoms with van der Waals surface area (Å²) in [6.45, 7) is 9.35. The van der Waals surface area contributed by atoms with Crippen LogP contribution >= 0.6 is 11.7 Å². The van der Waals surface area contributed by atoms with Gasteiger partial charge in [0.1, 0.15) is 11.0 Å². The molecule has 1 aromatic heterocycles. The summed E-state index contributed by atoms with van der Waals surface area (Å²) in [5.41, 5.74) is 30.0. The molecule has 0 amide bonds. The maximum Gasteiger partial charge on any atom is 0.113 e. The van der Waals surface area contributed by atoms with Crippen LogP contribution in [0.2, 0.25) is 0 Å². The molecule has 0 spiro atoms. The summed E-state index contributed by atoms with van der Waals surface area (Å²) in [6, 6.07) is 96.0. The van der Waals surface area contributed by atoms with E-state index in [0.29, 0.717) is 0 Å². The predicted molar refractivity (Wildman–Crippen MR) is 416 cm³/mol. The van der Waals surface area contributed by atoms with Crippen LogP contribution in [0.1, 0.15) is 178 Å². The fraction of sp³-hybridized carbons (Fsp3) is 0.283. The highest BCUT2D eigenvalue weighted by Crippen LogP contribution is 2.58. The molecule has 0 fully saturated rings. The molecule has 0 bridgehead atoms. The van der Waals surface area contributed by atoms with Crippen molar-refractivity contribution in [3.05, 3.63) is 277 Å². The van der Waals surface area contributed by atoms with E-state index in [-0.39, 0.29) is 10.8 Å². The standard InChI is InChI=1S/C92H94N4S/c1-5-9-13-29-59-91(60-30-14-10-6-2)85-57-47-71(63-83(85)81-53-45-69(65-87(81)91)67-41-49-77(50-42-67)95(73-33-21-17-22-34-73)74-35-23-18-24-36-74)79-55-56-80(90-89(79)93-97-94-90)72-48-58-86-84(64-72)82-54-46-70(66-88(82)92(86,61-31-15-11-7-3)62-32-16-12-8-4)68-43-51-78(52-44-68)96(75-37-25-19-26-38-75)76-39-27-20-28-40-76/h17-28,33-58,63-66H,5-16,29-32,59-62H2,1-4H3. The molecule has 11 aromatic carbocycles. The number of benzene rings is 11. The van der Waals surface area contributed by atoms with Crippen molar-refractivity contribution in [3.63, 3.8) is 0 Å². The van der Waals surface area contributed by atoms with Crippen LogP contribution < -0.4 is 9.80 Å². The molecule has 0 radical (unpaired) electrons. The van der Waals surface area contributed by atoms with Gasteiger partial charge in [0.2, 0.25) is 0 Å². The molecule has 97 heavy (non-hydrogen) atoms. The second kappa shape index (κ2) is 30.1. The Morgan fingerprint density at radius 1 is 0.247 bits per heavy atom. The van der Waals surface area contributed by atoms with E-state index < -0.39 is 0 Å². The molecular formula is C92H94N4S. The molecule has 0 N–H and O–H groups in total. The molecule has 0 atom stereocenters. The van der Waals surface area contributed by atoms with Gasteiger partial charge in [-0.25, -0.2) is 0 Å². The van der Waals surface area contributed by atoms with Crippen LogP contribution in [0.15, 0.2) is 255 Å². The number of anilines is 6. The van der Waals surface area contributed by atoms with Crippen molar-refractivity contribution in [2.45, 2.75) is 167 Å². The number of nitrogens with zero attached hydrogens (tertiary/aromatic N) is 4. The molecule has 14 rings (SSSR count). The summed E-state index contributed by atoms with van der Waals surface area (Å²) in [5.74, 6) is 0. The van der Waals surface area contributed by atoms with E-state index >= 15 is 0 Å². The van der Waals surface area contributed by atoms with Gasteiger partial charge in [0, 0.05) is 56.1 Å². The summed E-state index contributed by atoms with van der Waals surface area (Å²) in [6.07, 6.45) is 24.5. The third-order valence-corrected chi connectivity index (χ3v) is 22.1. The zero-order valence-electron chi connectivity index (χ0n) is 57.6. The van der Waals surface area contributed by atoms with Crippen molar-refractivity contribution in [2.75, 3.05) is 9.80 Å². The smallest absolute Gasteiger partial charge is 0.113 e. The van der Waals surface area contributed by atoms with Gasteiger partial charge in [-0.15, -0.1) is 0 Å². The van der Waals surface area contributed by atoms with Crippen LogP contribution in [-0.4, -0.2) is 8.75 Å². The Kier molecular flexibility index (Phi) is 20.2. The Balaban J connectivity index is 0.824. The van der Waals surface area contributed by atoms with Crippen molar-refractivity contribution in [1.82, 2.24) is 8.75 Å². The van der Waals surface area contributed by atoms with Gasteiger partial charge in [-0.2, -0.15) is 8.75 Å². The summed E-state index contributed by atoms with van der Waals surface area (Å²) >= 11 is 1.34. The van der Waals surface area contributed by atoms with Gasteiger partial charge < -0.3 is 9.80 Å². The van der Waals surface area contributed by atoms with E-state index in [0.717, 1.165) is 82.0 Å². The molecule has 0 saturated heterocycles.